The van der Waals surface area contributed by atoms with E-state index in [4.69, 9.17) is 0 Å². The quantitative estimate of drug-likeness (QED) is 0.937. The van der Waals surface area contributed by atoms with Crippen LogP contribution >= 0.6 is 11.3 Å². The number of piperazine rings is 1. The van der Waals surface area contributed by atoms with Gasteiger partial charge in [0, 0.05) is 50.0 Å². The standard InChI is InChI=1S/C15H21N5S/c1-12(16-2)13-3-4-17-14(11-13)19-6-8-20(9-7-19)15-18-5-10-21-15/h3-5,10-12,16H,6-9H2,1-2H3. The minimum Gasteiger partial charge on any atom is -0.353 e. The van der Waals surface area contributed by atoms with Gasteiger partial charge in [-0.1, -0.05) is 0 Å². The average Bonchev–Trinajstić information content (AvgIpc) is 3.09. The molecule has 1 saturated heterocycles. The Kier molecular flexibility index (Phi) is 4.36. The number of nitrogens with one attached hydrogen (secondary N) is 1. The van der Waals surface area contributed by atoms with E-state index in [2.05, 4.69) is 44.1 Å². The Morgan fingerprint density at radius 3 is 2.57 bits per heavy atom. The van der Waals surface area contributed by atoms with Gasteiger partial charge in [0.2, 0.25) is 0 Å². The van der Waals surface area contributed by atoms with E-state index in [0.29, 0.717) is 6.04 Å². The summed E-state index contributed by atoms with van der Waals surface area (Å²) in [5, 5.41) is 6.43. The number of rotatable bonds is 4. The number of thiazole rings is 1. The summed E-state index contributed by atoms with van der Waals surface area (Å²) in [5.74, 6) is 1.08. The van der Waals surface area contributed by atoms with Crippen LogP contribution in [0.2, 0.25) is 0 Å². The van der Waals surface area contributed by atoms with Crippen LogP contribution in [0.15, 0.2) is 29.9 Å². The fourth-order valence-electron chi connectivity index (χ4n) is 2.54. The van der Waals surface area contributed by atoms with Gasteiger partial charge < -0.3 is 15.1 Å². The van der Waals surface area contributed by atoms with Crippen LogP contribution in [0.3, 0.4) is 0 Å². The van der Waals surface area contributed by atoms with E-state index in [0.717, 1.165) is 37.1 Å². The molecule has 5 nitrogen and oxygen atoms in total. The fraction of sp³-hybridized carbons (Fsp3) is 0.467. The molecule has 3 rings (SSSR count). The zero-order valence-electron chi connectivity index (χ0n) is 12.5. The zero-order valence-corrected chi connectivity index (χ0v) is 13.3. The largest absolute Gasteiger partial charge is 0.353 e. The van der Waals surface area contributed by atoms with Crippen LogP contribution in [0.25, 0.3) is 0 Å². The first-order chi connectivity index (χ1) is 10.3. The topological polar surface area (TPSA) is 44.3 Å². The molecule has 2 aromatic heterocycles. The van der Waals surface area contributed by atoms with Crippen LogP contribution < -0.4 is 15.1 Å². The van der Waals surface area contributed by atoms with Crippen LogP contribution in [0, 0.1) is 0 Å². The molecule has 1 fully saturated rings. The first-order valence-corrected chi connectivity index (χ1v) is 8.18. The number of hydrogen-bond donors (Lipinski definition) is 1. The molecule has 1 N–H and O–H groups in total. The fourth-order valence-corrected chi connectivity index (χ4v) is 3.24. The van der Waals surface area contributed by atoms with Gasteiger partial charge in [0.25, 0.3) is 0 Å². The van der Waals surface area contributed by atoms with E-state index in [1.54, 1.807) is 11.3 Å². The van der Waals surface area contributed by atoms with E-state index < -0.39 is 0 Å². The van der Waals surface area contributed by atoms with E-state index in [1.807, 2.05) is 24.8 Å². The Morgan fingerprint density at radius 2 is 1.90 bits per heavy atom. The van der Waals surface area contributed by atoms with Gasteiger partial charge in [0.15, 0.2) is 5.13 Å². The molecule has 1 unspecified atom stereocenters. The molecular weight excluding hydrogens is 282 g/mol. The molecule has 0 aliphatic carbocycles. The summed E-state index contributed by atoms with van der Waals surface area (Å²) in [4.78, 5) is 13.6. The molecule has 1 aliphatic heterocycles. The highest BCUT2D eigenvalue weighted by molar-refractivity contribution is 7.13. The van der Waals surface area contributed by atoms with E-state index in [9.17, 15) is 0 Å². The Bertz CT molecular complexity index is 563. The lowest BCUT2D eigenvalue weighted by molar-refractivity contribution is 0.636. The van der Waals surface area contributed by atoms with Gasteiger partial charge in [-0.3, -0.25) is 0 Å². The zero-order chi connectivity index (χ0) is 14.7. The molecule has 1 atom stereocenters. The van der Waals surface area contributed by atoms with Crippen LogP contribution in [0.5, 0.6) is 0 Å². The lowest BCUT2D eigenvalue weighted by Crippen LogP contribution is -2.46. The van der Waals surface area contributed by atoms with Gasteiger partial charge in [-0.15, -0.1) is 11.3 Å². The molecule has 3 heterocycles. The highest BCUT2D eigenvalue weighted by Gasteiger charge is 2.20. The number of anilines is 2. The van der Waals surface area contributed by atoms with Crippen molar-refractivity contribution in [1.82, 2.24) is 15.3 Å². The summed E-state index contributed by atoms with van der Waals surface area (Å²) in [6.45, 7) is 6.15. The number of nitrogens with zero attached hydrogens (tertiary/aromatic N) is 4. The van der Waals surface area contributed by atoms with E-state index >= 15 is 0 Å². The van der Waals surface area contributed by atoms with E-state index in [1.165, 1.54) is 5.56 Å². The molecule has 0 amide bonds. The Morgan fingerprint density at radius 1 is 1.14 bits per heavy atom. The highest BCUT2D eigenvalue weighted by atomic mass is 32.1. The summed E-state index contributed by atoms with van der Waals surface area (Å²) < 4.78 is 0. The molecule has 0 spiro atoms. The number of hydrogen-bond acceptors (Lipinski definition) is 6. The van der Waals surface area contributed by atoms with Crippen LogP contribution in [0.4, 0.5) is 10.9 Å². The van der Waals surface area contributed by atoms with Gasteiger partial charge in [0.1, 0.15) is 5.82 Å². The molecule has 1 aliphatic rings. The lowest BCUT2D eigenvalue weighted by Gasteiger charge is -2.35. The van der Waals surface area contributed by atoms with E-state index in [-0.39, 0.29) is 0 Å². The Labute approximate surface area is 129 Å². The summed E-state index contributed by atoms with van der Waals surface area (Å²) in [5.41, 5.74) is 1.28. The van der Waals surface area contributed by atoms with Crippen molar-refractivity contribution in [2.24, 2.45) is 0 Å². The third-order valence-electron chi connectivity index (χ3n) is 4.00. The summed E-state index contributed by atoms with van der Waals surface area (Å²) in [6.07, 6.45) is 3.78. The summed E-state index contributed by atoms with van der Waals surface area (Å²) >= 11 is 1.71. The number of pyridine rings is 1. The lowest BCUT2D eigenvalue weighted by atomic mass is 10.1. The maximum absolute atomic E-state index is 4.53. The monoisotopic (exact) mass is 303 g/mol. The van der Waals surface area contributed by atoms with Gasteiger partial charge in [-0.05, 0) is 31.7 Å². The van der Waals surface area contributed by atoms with Gasteiger partial charge >= 0.3 is 0 Å². The predicted molar refractivity (Wildman–Crippen MR) is 88.3 cm³/mol. The van der Waals surface area contributed by atoms with Crippen LogP contribution in [-0.4, -0.2) is 43.2 Å². The average molecular weight is 303 g/mol. The van der Waals surface area contributed by atoms with Gasteiger partial charge in [-0.25, -0.2) is 9.97 Å². The highest BCUT2D eigenvalue weighted by Crippen LogP contribution is 2.22. The number of aromatic nitrogens is 2. The SMILES string of the molecule is CNC(C)c1ccnc(N2CCN(c3nccs3)CC2)c1. The first kappa shape index (κ1) is 14.3. The molecule has 0 radical (unpaired) electrons. The van der Waals surface area contributed by atoms with Crippen molar-refractivity contribution in [3.05, 3.63) is 35.5 Å². The third-order valence-corrected chi connectivity index (χ3v) is 4.83. The smallest absolute Gasteiger partial charge is 0.185 e. The maximum Gasteiger partial charge on any atom is 0.185 e. The van der Waals surface area contributed by atoms with Crippen molar-refractivity contribution < 1.29 is 0 Å². The Balaban J connectivity index is 1.66. The maximum atomic E-state index is 4.53. The van der Waals surface area contributed by atoms with Gasteiger partial charge in [-0.2, -0.15) is 0 Å². The normalized spacial score (nSPS) is 17.0. The van der Waals surface area contributed by atoms with Crippen LogP contribution in [0.1, 0.15) is 18.5 Å². The summed E-state index contributed by atoms with van der Waals surface area (Å²) in [6, 6.07) is 4.62. The molecule has 2 aromatic rings. The van der Waals surface area contributed by atoms with Crippen molar-refractivity contribution in [2.75, 3.05) is 43.0 Å². The predicted octanol–water partition coefficient (Wildman–Crippen LogP) is 2.15. The minimum atomic E-state index is 0.350. The molecule has 0 aromatic carbocycles. The second kappa shape index (κ2) is 6.41. The van der Waals surface area contributed by atoms with Crippen molar-refractivity contribution in [1.29, 1.82) is 0 Å². The molecule has 0 saturated carbocycles. The molecule has 112 valence electrons. The minimum absolute atomic E-state index is 0.350. The van der Waals surface area contributed by atoms with Crippen molar-refractivity contribution in [2.45, 2.75) is 13.0 Å². The molecule has 6 heteroatoms. The van der Waals surface area contributed by atoms with Crippen LogP contribution in [-0.2, 0) is 0 Å². The third kappa shape index (κ3) is 3.16. The molecule has 21 heavy (non-hydrogen) atoms. The van der Waals surface area contributed by atoms with Crippen molar-refractivity contribution in [3.8, 4) is 0 Å². The van der Waals surface area contributed by atoms with Crippen molar-refractivity contribution >= 4 is 22.3 Å². The second-order valence-electron chi connectivity index (χ2n) is 5.25. The first-order valence-electron chi connectivity index (χ1n) is 7.30. The molecule has 0 bridgehead atoms. The second-order valence-corrected chi connectivity index (χ2v) is 6.12. The Hall–Kier alpha value is -1.66. The van der Waals surface area contributed by atoms with Gasteiger partial charge in [0.05, 0.1) is 0 Å². The summed E-state index contributed by atoms with van der Waals surface area (Å²) in [7, 11) is 1.98. The van der Waals surface area contributed by atoms with Crippen molar-refractivity contribution in [3.63, 3.8) is 0 Å². The molecular formula is C15H21N5S.